The molecule has 0 aromatic heterocycles. The van der Waals surface area contributed by atoms with Crippen LogP contribution in [0.3, 0.4) is 0 Å². The molecule has 1 fully saturated rings. The van der Waals surface area contributed by atoms with Crippen molar-refractivity contribution in [2.24, 2.45) is 0 Å². The lowest BCUT2D eigenvalue weighted by Crippen LogP contribution is -2.46. The monoisotopic (exact) mass is 244 g/mol. The largest absolute Gasteiger partial charge is 0.315 e. The van der Waals surface area contributed by atoms with Gasteiger partial charge in [0.25, 0.3) is 0 Å². The maximum atomic E-state index is 3.53. The molecule has 3 heteroatoms. The molecule has 16 heavy (non-hydrogen) atoms. The van der Waals surface area contributed by atoms with E-state index in [1.54, 1.807) is 0 Å². The van der Waals surface area contributed by atoms with E-state index in [1.165, 1.54) is 64.0 Å². The molecule has 1 unspecified atom stereocenters. The van der Waals surface area contributed by atoms with Crippen LogP contribution in [-0.2, 0) is 0 Å². The zero-order valence-electron chi connectivity index (χ0n) is 11.0. The second-order valence-electron chi connectivity index (χ2n) is 4.74. The van der Waals surface area contributed by atoms with Crippen LogP contribution < -0.4 is 5.32 Å². The van der Waals surface area contributed by atoms with Crippen LogP contribution >= 0.6 is 11.8 Å². The Bertz CT molecular complexity index is 158. The third-order valence-corrected chi connectivity index (χ3v) is 4.04. The van der Waals surface area contributed by atoms with Gasteiger partial charge in [0.05, 0.1) is 0 Å². The number of hydrogen-bond acceptors (Lipinski definition) is 3. The van der Waals surface area contributed by atoms with Crippen molar-refractivity contribution in [2.75, 3.05) is 38.2 Å². The van der Waals surface area contributed by atoms with E-state index in [9.17, 15) is 0 Å². The second kappa shape index (κ2) is 9.32. The molecule has 0 aromatic rings. The lowest BCUT2D eigenvalue weighted by Gasteiger charge is -2.34. The molecule has 1 atom stereocenters. The highest BCUT2D eigenvalue weighted by Crippen LogP contribution is 2.12. The first-order valence-electron chi connectivity index (χ1n) is 6.82. The predicted octanol–water partition coefficient (Wildman–Crippen LogP) is 2.59. The third kappa shape index (κ3) is 5.55. The zero-order chi connectivity index (χ0) is 11.6. The van der Waals surface area contributed by atoms with Crippen molar-refractivity contribution in [3.05, 3.63) is 0 Å². The van der Waals surface area contributed by atoms with Gasteiger partial charge in [0, 0.05) is 12.6 Å². The number of nitrogens with one attached hydrogen (secondary N) is 1. The summed E-state index contributed by atoms with van der Waals surface area (Å²) < 4.78 is 0. The molecule has 96 valence electrons. The Kier molecular flexibility index (Phi) is 8.34. The van der Waals surface area contributed by atoms with Crippen molar-refractivity contribution in [3.8, 4) is 0 Å². The fraction of sp³-hybridized carbons (Fsp3) is 1.00. The smallest absolute Gasteiger partial charge is 0.0221 e. The van der Waals surface area contributed by atoms with E-state index in [0.717, 1.165) is 6.04 Å². The van der Waals surface area contributed by atoms with E-state index in [1.807, 2.05) is 11.8 Å². The van der Waals surface area contributed by atoms with Crippen molar-refractivity contribution in [1.82, 2.24) is 10.2 Å². The maximum Gasteiger partial charge on any atom is 0.0221 e. The molecule has 0 amide bonds. The average Bonchev–Trinajstić information content (AvgIpc) is 2.34. The number of thioether (sulfide) groups is 1. The topological polar surface area (TPSA) is 15.3 Å². The summed E-state index contributed by atoms with van der Waals surface area (Å²) in [6.07, 6.45) is 9.00. The van der Waals surface area contributed by atoms with Gasteiger partial charge in [-0.2, -0.15) is 11.8 Å². The molecule has 0 radical (unpaired) electrons. The van der Waals surface area contributed by atoms with Crippen molar-refractivity contribution in [2.45, 2.75) is 45.1 Å². The summed E-state index contributed by atoms with van der Waals surface area (Å²) in [4.78, 5) is 2.71. The Morgan fingerprint density at radius 1 is 1.31 bits per heavy atom. The number of piperidine rings is 1. The van der Waals surface area contributed by atoms with E-state index < -0.39 is 0 Å². The molecule has 1 heterocycles. The summed E-state index contributed by atoms with van der Waals surface area (Å²) in [5, 5.41) is 3.53. The molecule has 1 aliphatic rings. The van der Waals surface area contributed by atoms with Gasteiger partial charge in [0.1, 0.15) is 0 Å². The Balaban J connectivity index is 2.22. The summed E-state index contributed by atoms with van der Waals surface area (Å²) in [7, 11) is 0. The highest BCUT2D eigenvalue weighted by Gasteiger charge is 2.19. The van der Waals surface area contributed by atoms with Crippen molar-refractivity contribution in [1.29, 1.82) is 0 Å². The SMILES string of the molecule is CCCN(CCCCSC)C1CCCNC1. The number of rotatable bonds is 8. The zero-order valence-corrected chi connectivity index (χ0v) is 11.8. The first kappa shape index (κ1) is 14.3. The normalized spacial score (nSPS) is 21.6. The lowest BCUT2D eigenvalue weighted by atomic mass is 10.1. The third-order valence-electron chi connectivity index (χ3n) is 3.34. The van der Waals surface area contributed by atoms with E-state index in [0.29, 0.717) is 0 Å². The molecule has 1 aliphatic heterocycles. The molecule has 1 saturated heterocycles. The van der Waals surface area contributed by atoms with Crippen LogP contribution in [0.1, 0.15) is 39.0 Å². The molecular weight excluding hydrogens is 216 g/mol. The Morgan fingerprint density at radius 3 is 2.81 bits per heavy atom. The van der Waals surface area contributed by atoms with Crippen LogP contribution in [0.25, 0.3) is 0 Å². The molecule has 0 aliphatic carbocycles. The fourth-order valence-corrected chi connectivity index (χ4v) is 2.96. The lowest BCUT2D eigenvalue weighted by molar-refractivity contribution is 0.164. The van der Waals surface area contributed by atoms with E-state index in [4.69, 9.17) is 0 Å². The fourth-order valence-electron chi connectivity index (χ4n) is 2.47. The van der Waals surface area contributed by atoms with Gasteiger partial charge in [-0.15, -0.1) is 0 Å². The van der Waals surface area contributed by atoms with E-state index >= 15 is 0 Å². The first-order chi connectivity index (χ1) is 7.88. The van der Waals surface area contributed by atoms with Crippen LogP contribution in [0.4, 0.5) is 0 Å². The Morgan fingerprint density at radius 2 is 2.19 bits per heavy atom. The molecule has 0 aromatic carbocycles. The summed E-state index contributed by atoms with van der Waals surface area (Å²) in [6, 6.07) is 0.808. The van der Waals surface area contributed by atoms with Gasteiger partial charge in [-0.25, -0.2) is 0 Å². The van der Waals surface area contributed by atoms with Crippen molar-refractivity contribution in [3.63, 3.8) is 0 Å². The molecule has 2 nitrogen and oxygen atoms in total. The standard InChI is InChI=1S/C13H28N2S/c1-3-9-15(10-4-5-11-16-2)13-7-6-8-14-12-13/h13-14H,3-12H2,1-2H3. The van der Waals surface area contributed by atoms with Gasteiger partial charge in [0.2, 0.25) is 0 Å². The van der Waals surface area contributed by atoms with Gasteiger partial charge in [-0.1, -0.05) is 6.92 Å². The summed E-state index contributed by atoms with van der Waals surface area (Å²) >= 11 is 1.97. The van der Waals surface area contributed by atoms with Crippen LogP contribution in [0, 0.1) is 0 Å². The van der Waals surface area contributed by atoms with Gasteiger partial charge >= 0.3 is 0 Å². The molecular formula is C13H28N2S. The van der Waals surface area contributed by atoms with Crippen LogP contribution in [-0.4, -0.2) is 49.1 Å². The van der Waals surface area contributed by atoms with Gasteiger partial charge in [-0.05, 0) is 63.7 Å². The van der Waals surface area contributed by atoms with Gasteiger partial charge in [0.15, 0.2) is 0 Å². The maximum absolute atomic E-state index is 3.53. The minimum atomic E-state index is 0.808. The summed E-state index contributed by atoms with van der Waals surface area (Å²) in [6.45, 7) is 7.32. The number of hydrogen-bond donors (Lipinski definition) is 1. The molecule has 0 spiro atoms. The van der Waals surface area contributed by atoms with Gasteiger partial charge in [-0.3, -0.25) is 4.90 Å². The molecule has 1 rings (SSSR count). The summed E-state index contributed by atoms with van der Waals surface area (Å²) in [5.41, 5.74) is 0. The van der Waals surface area contributed by atoms with E-state index in [2.05, 4.69) is 23.4 Å². The van der Waals surface area contributed by atoms with Crippen LogP contribution in [0.15, 0.2) is 0 Å². The van der Waals surface area contributed by atoms with Crippen LogP contribution in [0.2, 0.25) is 0 Å². The van der Waals surface area contributed by atoms with Crippen molar-refractivity contribution >= 4 is 11.8 Å². The minimum Gasteiger partial charge on any atom is -0.315 e. The molecule has 0 saturated carbocycles. The summed E-state index contributed by atoms with van der Waals surface area (Å²) in [5.74, 6) is 1.32. The highest BCUT2D eigenvalue weighted by molar-refractivity contribution is 7.98. The first-order valence-corrected chi connectivity index (χ1v) is 8.21. The molecule has 1 N–H and O–H groups in total. The quantitative estimate of drug-likeness (QED) is 0.661. The average molecular weight is 244 g/mol. The Hall–Kier alpha value is 0.270. The Labute approximate surface area is 106 Å². The predicted molar refractivity (Wildman–Crippen MR) is 75.4 cm³/mol. The molecule has 0 bridgehead atoms. The van der Waals surface area contributed by atoms with Crippen LogP contribution in [0.5, 0.6) is 0 Å². The second-order valence-corrected chi connectivity index (χ2v) is 5.72. The minimum absolute atomic E-state index is 0.808. The number of nitrogens with zero attached hydrogens (tertiary/aromatic N) is 1. The van der Waals surface area contributed by atoms with Gasteiger partial charge < -0.3 is 5.32 Å². The van der Waals surface area contributed by atoms with E-state index in [-0.39, 0.29) is 0 Å². The number of unbranched alkanes of at least 4 members (excludes halogenated alkanes) is 1. The van der Waals surface area contributed by atoms with Crippen molar-refractivity contribution < 1.29 is 0 Å². The highest BCUT2D eigenvalue weighted by atomic mass is 32.2.